The first-order chi connectivity index (χ1) is 11.2. The minimum absolute atomic E-state index is 0.174. The van der Waals surface area contributed by atoms with Gasteiger partial charge in [0.2, 0.25) is 10.0 Å². The van der Waals surface area contributed by atoms with Gasteiger partial charge < -0.3 is 15.3 Å². The Hall–Kier alpha value is -2.16. The van der Waals surface area contributed by atoms with E-state index in [1.165, 1.54) is 26.2 Å². The number of nitrogens with one attached hydrogen (secondary N) is 1. The van der Waals surface area contributed by atoms with Gasteiger partial charge in [-0.05, 0) is 54.7 Å². The number of sulfonamides is 1. The summed E-state index contributed by atoms with van der Waals surface area (Å²) in [6.45, 7) is 0. The number of anilines is 2. The van der Waals surface area contributed by atoms with E-state index in [1.807, 2.05) is 0 Å². The average Bonchev–Trinajstić information content (AvgIpc) is 2.55. The molecule has 0 aliphatic rings. The number of rotatable bonds is 4. The maximum absolute atomic E-state index is 12.2. The van der Waals surface area contributed by atoms with E-state index in [9.17, 15) is 13.5 Å². The molecule has 0 radical (unpaired) electrons. The van der Waals surface area contributed by atoms with Crippen molar-refractivity contribution in [3.05, 3.63) is 48.5 Å². The minimum atomic E-state index is -3.50. The van der Waals surface area contributed by atoms with Gasteiger partial charge in [-0.15, -0.1) is 0 Å². The van der Waals surface area contributed by atoms with Crippen LogP contribution in [0.2, 0.25) is 0 Å². The maximum Gasteiger partial charge on any atom is 0.242 e. The zero-order chi connectivity index (χ0) is 17.9. The Morgan fingerprint density at radius 3 is 2.29 bits per heavy atom. The summed E-state index contributed by atoms with van der Waals surface area (Å²) < 4.78 is 25.5. The molecule has 128 valence electrons. The van der Waals surface area contributed by atoms with E-state index in [1.54, 1.807) is 48.3 Å². The summed E-state index contributed by atoms with van der Waals surface area (Å²) in [5.41, 5.74) is 1.37. The lowest BCUT2D eigenvalue weighted by Crippen LogP contribution is -2.31. The maximum atomic E-state index is 12.2. The molecule has 24 heavy (non-hydrogen) atoms. The third-order valence-electron chi connectivity index (χ3n) is 3.41. The highest BCUT2D eigenvalue weighted by atomic mass is 32.2. The Balaban J connectivity index is 2.19. The van der Waals surface area contributed by atoms with Gasteiger partial charge in [0.1, 0.15) is 5.75 Å². The second kappa shape index (κ2) is 7.16. The van der Waals surface area contributed by atoms with E-state index in [0.717, 1.165) is 9.99 Å². The Morgan fingerprint density at radius 2 is 1.71 bits per heavy atom. The Morgan fingerprint density at radius 1 is 1.08 bits per heavy atom. The fourth-order valence-corrected chi connectivity index (χ4v) is 3.12. The first kappa shape index (κ1) is 18.2. The average molecular weight is 365 g/mol. The van der Waals surface area contributed by atoms with Crippen LogP contribution in [0.5, 0.6) is 5.75 Å². The molecule has 2 aromatic rings. The number of phenols is 1. The number of nitrogens with zero attached hydrogens (tertiary/aromatic N) is 2. The summed E-state index contributed by atoms with van der Waals surface area (Å²) in [4.78, 5) is 1.91. The predicted molar refractivity (Wildman–Crippen MR) is 100 cm³/mol. The zero-order valence-electron chi connectivity index (χ0n) is 13.6. The molecule has 6 nitrogen and oxygen atoms in total. The molecule has 8 heteroatoms. The Labute approximate surface area is 147 Å². The number of benzene rings is 2. The van der Waals surface area contributed by atoms with E-state index in [-0.39, 0.29) is 10.6 Å². The SMILES string of the molecule is CN(C(=S)Nc1cccc(S(=O)(=O)N(C)C)c1)c1ccc(O)cc1. The molecule has 0 bridgehead atoms. The lowest BCUT2D eigenvalue weighted by atomic mass is 10.3. The lowest BCUT2D eigenvalue weighted by molar-refractivity contribution is 0.475. The Kier molecular flexibility index (Phi) is 5.43. The molecular weight excluding hydrogens is 346 g/mol. The number of phenolic OH excluding ortho intramolecular Hbond substituents is 1. The van der Waals surface area contributed by atoms with Gasteiger partial charge in [0.15, 0.2) is 5.11 Å². The van der Waals surface area contributed by atoms with Crippen LogP contribution in [0.4, 0.5) is 11.4 Å². The molecule has 0 aliphatic heterocycles. The Bertz CT molecular complexity index is 834. The molecule has 0 spiro atoms. The fraction of sp³-hybridized carbons (Fsp3) is 0.188. The van der Waals surface area contributed by atoms with Crippen molar-refractivity contribution >= 4 is 38.7 Å². The van der Waals surface area contributed by atoms with Gasteiger partial charge in [-0.1, -0.05) is 6.07 Å². The molecule has 2 N–H and O–H groups in total. The fourth-order valence-electron chi connectivity index (χ4n) is 1.95. The van der Waals surface area contributed by atoms with Crippen LogP contribution in [-0.4, -0.2) is 44.1 Å². The van der Waals surface area contributed by atoms with Gasteiger partial charge in [0.25, 0.3) is 0 Å². The van der Waals surface area contributed by atoms with E-state index in [0.29, 0.717) is 10.8 Å². The van der Waals surface area contributed by atoms with E-state index in [2.05, 4.69) is 5.32 Å². The largest absolute Gasteiger partial charge is 0.508 e. The normalized spacial score (nSPS) is 11.3. The monoisotopic (exact) mass is 365 g/mol. The van der Waals surface area contributed by atoms with Crippen molar-refractivity contribution in [1.29, 1.82) is 0 Å². The number of thiocarbonyl (C=S) groups is 1. The van der Waals surface area contributed by atoms with Crippen LogP contribution in [-0.2, 0) is 10.0 Å². The highest BCUT2D eigenvalue weighted by molar-refractivity contribution is 7.89. The molecule has 0 amide bonds. The molecule has 0 atom stereocenters. The van der Waals surface area contributed by atoms with Crippen LogP contribution in [0.1, 0.15) is 0 Å². The smallest absolute Gasteiger partial charge is 0.242 e. The van der Waals surface area contributed by atoms with E-state index < -0.39 is 10.0 Å². The van der Waals surface area contributed by atoms with E-state index in [4.69, 9.17) is 12.2 Å². The van der Waals surface area contributed by atoms with Gasteiger partial charge in [-0.3, -0.25) is 0 Å². The van der Waals surface area contributed by atoms with E-state index >= 15 is 0 Å². The van der Waals surface area contributed by atoms with Crippen LogP contribution in [0.25, 0.3) is 0 Å². The molecule has 2 aromatic carbocycles. The summed E-state index contributed by atoms with van der Waals surface area (Å²) in [6.07, 6.45) is 0. The van der Waals surface area contributed by atoms with Crippen molar-refractivity contribution in [3.63, 3.8) is 0 Å². The first-order valence-corrected chi connectivity index (χ1v) is 8.93. The van der Waals surface area contributed by atoms with Gasteiger partial charge in [-0.25, -0.2) is 12.7 Å². The number of hydrogen-bond acceptors (Lipinski definition) is 4. The van der Waals surface area contributed by atoms with Crippen LogP contribution in [0.15, 0.2) is 53.4 Å². The minimum Gasteiger partial charge on any atom is -0.508 e. The standard InChI is InChI=1S/C16H19N3O3S2/c1-18(2)24(21,22)15-6-4-5-12(11-15)17-16(23)19(3)13-7-9-14(20)10-8-13/h4-11,20H,1-3H3,(H,17,23). The van der Waals surface area contributed by atoms with Crippen molar-refractivity contribution in [3.8, 4) is 5.75 Å². The summed E-state index contributed by atoms with van der Waals surface area (Å²) in [5.74, 6) is 0.174. The van der Waals surface area contributed by atoms with Crippen molar-refractivity contribution in [2.24, 2.45) is 0 Å². The van der Waals surface area contributed by atoms with Crippen LogP contribution in [0.3, 0.4) is 0 Å². The van der Waals surface area contributed by atoms with Crippen LogP contribution in [0, 0.1) is 0 Å². The second-order valence-electron chi connectivity index (χ2n) is 5.32. The second-order valence-corrected chi connectivity index (χ2v) is 7.86. The summed E-state index contributed by atoms with van der Waals surface area (Å²) >= 11 is 5.35. The lowest BCUT2D eigenvalue weighted by Gasteiger charge is -2.21. The van der Waals surface area contributed by atoms with Crippen LogP contribution >= 0.6 is 12.2 Å². The summed E-state index contributed by atoms with van der Waals surface area (Å²) in [5, 5.41) is 12.8. The molecule has 0 aromatic heterocycles. The summed E-state index contributed by atoms with van der Waals surface area (Å²) in [6, 6.07) is 13.1. The first-order valence-electron chi connectivity index (χ1n) is 7.08. The molecule has 0 aliphatic carbocycles. The van der Waals surface area contributed by atoms with Gasteiger partial charge in [0.05, 0.1) is 4.90 Å². The van der Waals surface area contributed by atoms with Crippen molar-refractivity contribution in [2.75, 3.05) is 31.4 Å². The van der Waals surface area contributed by atoms with Crippen LogP contribution < -0.4 is 10.2 Å². The van der Waals surface area contributed by atoms with Crippen molar-refractivity contribution < 1.29 is 13.5 Å². The molecule has 0 saturated heterocycles. The molecule has 0 saturated carbocycles. The van der Waals surface area contributed by atoms with Crippen molar-refractivity contribution in [1.82, 2.24) is 4.31 Å². The van der Waals surface area contributed by atoms with Crippen molar-refractivity contribution in [2.45, 2.75) is 4.90 Å². The van der Waals surface area contributed by atoms with Gasteiger partial charge >= 0.3 is 0 Å². The third-order valence-corrected chi connectivity index (χ3v) is 5.59. The molecule has 0 fully saturated rings. The summed E-state index contributed by atoms with van der Waals surface area (Å²) in [7, 11) is 1.25. The molecule has 2 rings (SSSR count). The third kappa shape index (κ3) is 4.02. The molecule has 0 unspecified atom stereocenters. The topological polar surface area (TPSA) is 72.9 Å². The molecule has 0 heterocycles. The highest BCUT2D eigenvalue weighted by Gasteiger charge is 2.17. The van der Waals surface area contributed by atoms with Gasteiger partial charge in [-0.2, -0.15) is 0 Å². The highest BCUT2D eigenvalue weighted by Crippen LogP contribution is 2.21. The predicted octanol–water partition coefficient (Wildman–Crippen LogP) is 2.48. The quantitative estimate of drug-likeness (QED) is 0.811. The number of aromatic hydroxyl groups is 1. The number of hydrogen-bond donors (Lipinski definition) is 2. The van der Waals surface area contributed by atoms with Gasteiger partial charge in [0, 0.05) is 32.5 Å². The zero-order valence-corrected chi connectivity index (χ0v) is 15.2. The molecular formula is C16H19N3O3S2.